The molecular weight excluding hydrogens is 388 g/mol. The second kappa shape index (κ2) is 8.80. The zero-order valence-corrected chi connectivity index (χ0v) is 18.0. The van der Waals surface area contributed by atoms with Crippen molar-refractivity contribution < 1.29 is 24.3 Å². The molecule has 1 atom stereocenters. The molecule has 0 bridgehead atoms. The summed E-state index contributed by atoms with van der Waals surface area (Å²) in [6.45, 7) is 3.23. The smallest absolute Gasteiger partial charge is 0.295 e. The Morgan fingerprint density at radius 2 is 2.03 bits per heavy atom. The second-order valence-corrected chi connectivity index (χ2v) is 8.48. The highest BCUT2D eigenvalue weighted by Gasteiger charge is 2.46. The minimum absolute atomic E-state index is 0.145. The van der Waals surface area contributed by atoms with Crippen LogP contribution < -0.4 is 9.64 Å². The van der Waals surface area contributed by atoms with E-state index in [1.165, 1.54) is 16.2 Å². The SMILES string of the molecule is COc1ccc(C(O)=C2C(=O)C(=O)N(CCC[NH+](C)C)[C@@H]2c2cccs2)cc1C. The van der Waals surface area contributed by atoms with Gasteiger partial charge in [0.05, 0.1) is 39.4 Å². The quantitative estimate of drug-likeness (QED) is 0.412. The van der Waals surface area contributed by atoms with Crippen molar-refractivity contribution in [2.24, 2.45) is 0 Å². The lowest BCUT2D eigenvalue weighted by atomic mass is 9.98. The number of amides is 1. The van der Waals surface area contributed by atoms with Crippen LogP contribution in [0, 0.1) is 6.92 Å². The van der Waals surface area contributed by atoms with Gasteiger partial charge in [0, 0.05) is 23.4 Å². The molecule has 2 aromatic rings. The number of aryl methyl sites for hydroxylation is 1. The maximum atomic E-state index is 12.9. The van der Waals surface area contributed by atoms with Crippen LogP contribution in [0.15, 0.2) is 41.3 Å². The van der Waals surface area contributed by atoms with Crippen molar-refractivity contribution in [3.8, 4) is 5.75 Å². The first-order valence-electron chi connectivity index (χ1n) is 9.61. The third kappa shape index (κ3) is 4.21. The second-order valence-electron chi connectivity index (χ2n) is 7.50. The van der Waals surface area contributed by atoms with E-state index in [1.807, 2.05) is 24.4 Å². The van der Waals surface area contributed by atoms with Gasteiger partial charge in [-0.2, -0.15) is 0 Å². The summed E-state index contributed by atoms with van der Waals surface area (Å²) in [5.74, 6) is -0.633. The van der Waals surface area contributed by atoms with Crippen LogP contribution in [0.1, 0.15) is 28.5 Å². The van der Waals surface area contributed by atoms with Gasteiger partial charge < -0.3 is 19.6 Å². The highest BCUT2D eigenvalue weighted by molar-refractivity contribution is 7.10. The van der Waals surface area contributed by atoms with Gasteiger partial charge in [-0.25, -0.2) is 0 Å². The molecule has 1 aliphatic rings. The van der Waals surface area contributed by atoms with Crippen molar-refractivity contribution in [1.82, 2.24) is 4.90 Å². The topological polar surface area (TPSA) is 71.3 Å². The van der Waals surface area contributed by atoms with Crippen LogP contribution in [0.3, 0.4) is 0 Å². The molecule has 1 fully saturated rings. The maximum Gasteiger partial charge on any atom is 0.295 e. The van der Waals surface area contributed by atoms with Crippen LogP contribution in [0.5, 0.6) is 5.75 Å². The number of rotatable bonds is 7. The highest BCUT2D eigenvalue weighted by atomic mass is 32.1. The number of carbonyl (C=O) groups excluding carboxylic acids is 2. The highest BCUT2D eigenvalue weighted by Crippen LogP contribution is 2.41. The summed E-state index contributed by atoms with van der Waals surface area (Å²) >= 11 is 1.48. The van der Waals surface area contributed by atoms with Crippen molar-refractivity contribution >= 4 is 28.8 Å². The summed E-state index contributed by atoms with van der Waals surface area (Å²) in [4.78, 5) is 29.5. The van der Waals surface area contributed by atoms with Crippen molar-refractivity contribution in [2.75, 3.05) is 34.3 Å². The number of ether oxygens (including phenoxy) is 1. The van der Waals surface area contributed by atoms with E-state index in [0.29, 0.717) is 17.9 Å². The van der Waals surface area contributed by atoms with Crippen molar-refractivity contribution in [3.63, 3.8) is 0 Å². The molecule has 0 aliphatic carbocycles. The summed E-state index contributed by atoms with van der Waals surface area (Å²) in [6, 6.07) is 8.45. The number of ketones is 1. The van der Waals surface area contributed by atoms with Crippen molar-refractivity contribution in [1.29, 1.82) is 0 Å². The van der Waals surface area contributed by atoms with Gasteiger partial charge in [-0.1, -0.05) is 6.07 Å². The van der Waals surface area contributed by atoms with Gasteiger partial charge >= 0.3 is 0 Å². The predicted molar refractivity (Wildman–Crippen MR) is 113 cm³/mol. The Balaban J connectivity index is 2.05. The molecule has 6 nitrogen and oxygen atoms in total. The number of aliphatic hydroxyl groups excluding tert-OH is 1. The monoisotopic (exact) mass is 415 g/mol. The molecule has 29 heavy (non-hydrogen) atoms. The predicted octanol–water partition coefficient (Wildman–Crippen LogP) is 2.02. The van der Waals surface area contributed by atoms with Crippen LogP contribution in [0.25, 0.3) is 5.76 Å². The van der Waals surface area contributed by atoms with Gasteiger partial charge in [-0.15, -0.1) is 11.3 Å². The molecule has 2 heterocycles. The number of thiophene rings is 1. The summed E-state index contributed by atoms with van der Waals surface area (Å²) in [7, 11) is 5.69. The van der Waals surface area contributed by atoms with E-state index in [9.17, 15) is 14.7 Å². The zero-order valence-electron chi connectivity index (χ0n) is 17.2. The maximum absolute atomic E-state index is 12.9. The molecule has 1 amide bonds. The van der Waals surface area contributed by atoms with Gasteiger partial charge in [0.1, 0.15) is 11.5 Å². The number of hydrogen-bond donors (Lipinski definition) is 2. The summed E-state index contributed by atoms with van der Waals surface area (Å²) in [5.41, 5.74) is 1.49. The Labute approximate surface area is 175 Å². The molecular formula is C22H27N2O4S+. The normalized spacial score (nSPS) is 18.7. The average molecular weight is 416 g/mol. The van der Waals surface area contributed by atoms with Gasteiger partial charge in [-0.3, -0.25) is 9.59 Å². The van der Waals surface area contributed by atoms with Crippen LogP contribution >= 0.6 is 11.3 Å². The lowest BCUT2D eigenvalue weighted by Crippen LogP contribution is -3.05. The number of benzene rings is 1. The Kier molecular flexibility index (Phi) is 6.39. The number of hydrogen-bond acceptors (Lipinski definition) is 5. The Morgan fingerprint density at radius 3 is 2.62 bits per heavy atom. The van der Waals surface area contributed by atoms with Gasteiger partial charge in [0.2, 0.25) is 0 Å². The summed E-state index contributed by atoms with van der Waals surface area (Å²) < 4.78 is 5.28. The van der Waals surface area contributed by atoms with Crippen LogP contribution in [0.2, 0.25) is 0 Å². The average Bonchev–Trinajstić information content (AvgIpc) is 3.29. The molecule has 154 valence electrons. The van der Waals surface area contributed by atoms with Crippen molar-refractivity contribution in [3.05, 3.63) is 57.3 Å². The number of Topliss-reactive ketones (excluding diaryl/α,β-unsaturated/α-hetero) is 1. The van der Waals surface area contributed by atoms with Crippen LogP contribution in [-0.2, 0) is 9.59 Å². The molecule has 7 heteroatoms. The fraction of sp³-hybridized carbons (Fsp3) is 0.364. The summed E-state index contributed by atoms with van der Waals surface area (Å²) in [5, 5.41) is 13.0. The zero-order chi connectivity index (χ0) is 21.1. The van der Waals surface area contributed by atoms with Gasteiger partial charge in [0.15, 0.2) is 0 Å². The Bertz CT molecular complexity index is 934. The molecule has 3 rings (SSSR count). The number of likely N-dealkylation sites (tertiary alicyclic amines) is 1. The number of quaternary nitrogens is 1. The lowest BCUT2D eigenvalue weighted by Gasteiger charge is -2.24. The lowest BCUT2D eigenvalue weighted by molar-refractivity contribution is -0.858. The first-order chi connectivity index (χ1) is 13.8. The third-order valence-corrected chi connectivity index (χ3v) is 6.02. The van der Waals surface area contributed by atoms with E-state index >= 15 is 0 Å². The molecule has 0 saturated carbocycles. The summed E-state index contributed by atoms with van der Waals surface area (Å²) in [6.07, 6.45) is 0.777. The molecule has 1 aliphatic heterocycles. The number of aliphatic hydroxyl groups is 1. The number of methoxy groups -OCH3 is 1. The van der Waals surface area contributed by atoms with E-state index in [4.69, 9.17) is 4.74 Å². The van der Waals surface area contributed by atoms with E-state index in [0.717, 1.165) is 23.4 Å². The first kappa shape index (κ1) is 21.1. The third-order valence-electron chi connectivity index (χ3n) is 5.10. The molecule has 1 aromatic carbocycles. The van der Waals surface area contributed by atoms with E-state index < -0.39 is 17.7 Å². The van der Waals surface area contributed by atoms with E-state index in [2.05, 4.69) is 14.1 Å². The number of carbonyl (C=O) groups is 2. The Hall–Kier alpha value is -2.64. The minimum Gasteiger partial charge on any atom is -0.507 e. The van der Waals surface area contributed by atoms with Gasteiger partial charge in [-0.05, 0) is 42.1 Å². The van der Waals surface area contributed by atoms with Gasteiger partial charge in [0.25, 0.3) is 11.7 Å². The van der Waals surface area contributed by atoms with Crippen LogP contribution in [-0.4, -0.2) is 56.0 Å². The fourth-order valence-electron chi connectivity index (χ4n) is 3.64. The van der Waals surface area contributed by atoms with E-state index in [1.54, 1.807) is 30.2 Å². The largest absolute Gasteiger partial charge is 0.507 e. The molecule has 1 saturated heterocycles. The number of nitrogens with zero attached hydrogens (tertiary/aromatic N) is 1. The molecule has 0 unspecified atom stereocenters. The van der Waals surface area contributed by atoms with Crippen LogP contribution in [0.4, 0.5) is 0 Å². The first-order valence-corrected chi connectivity index (χ1v) is 10.5. The molecule has 2 N–H and O–H groups in total. The minimum atomic E-state index is -0.633. The standard InChI is InChI=1S/C22H26N2O4S/c1-14-13-15(8-9-16(14)28-4)20(25)18-19(17-7-5-12-29-17)24(22(27)21(18)26)11-6-10-23(2)3/h5,7-9,12-13,19,25H,6,10-11H2,1-4H3/p+1/t19-/m1/s1. The fourth-order valence-corrected chi connectivity index (χ4v) is 4.48. The van der Waals surface area contributed by atoms with E-state index in [-0.39, 0.29) is 11.3 Å². The van der Waals surface area contributed by atoms with Crippen molar-refractivity contribution in [2.45, 2.75) is 19.4 Å². The molecule has 0 spiro atoms. The molecule has 0 radical (unpaired) electrons. The number of nitrogens with one attached hydrogen (secondary N) is 1. The molecule has 1 aromatic heterocycles. The Morgan fingerprint density at radius 1 is 1.28 bits per heavy atom.